The number of aliphatic carboxylic acids is 1. The minimum absolute atomic E-state index is 0.00632. The quantitative estimate of drug-likeness (QED) is 0.624. The number of ether oxygens (including phenoxy) is 1. The van der Waals surface area contributed by atoms with E-state index in [2.05, 4.69) is 5.32 Å². The molecule has 0 aliphatic rings. The van der Waals surface area contributed by atoms with Crippen molar-refractivity contribution in [3.8, 4) is 17.0 Å². The molecular formula is C22H22N2O4. The number of nitrogens with zero attached hydrogens (tertiary/aromatic N) is 1. The van der Waals surface area contributed by atoms with Gasteiger partial charge in [-0.05, 0) is 60.5 Å². The van der Waals surface area contributed by atoms with Crippen LogP contribution in [0.4, 0.5) is 5.69 Å². The third-order valence-corrected chi connectivity index (χ3v) is 4.41. The van der Waals surface area contributed by atoms with E-state index in [0.29, 0.717) is 6.42 Å². The number of hydrogen-bond acceptors (Lipinski definition) is 3. The van der Waals surface area contributed by atoms with Crippen LogP contribution in [0.5, 0.6) is 5.75 Å². The standard InChI is InChI=1S/C22H22N2O4/c1-28-19-11-7-16(8-12-19)20-13-9-18(10-14-22(26)27)24(20)15-21(25)23-17-5-3-2-4-6-17/h2-9,11-13H,10,14-15H2,1H3,(H,23,25)(H,26,27). The smallest absolute Gasteiger partial charge is 0.303 e. The van der Waals surface area contributed by atoms with Crippen LogP contribution in [-0.4, -0.2) is 28.7 Å². The number of carboxylic acids is 1. The normalized spacial score (nSPS) is 10.5. The summed E-state index contributed by atoms with van der Waals surface area (Å²) in [6.07, 6.45) is 0.358. The molecule has 3 rings (SSSR count). The van der Waals surface area contributed by atoms with Crippen molar-refractivity contribution in [3.63, 3.8) is 0 Å². The monoisotopic (exact) mass is 378 g/mol. The van der Waals surface area contributed by atoms with Gasteiger partial charge in [0.05, 0.1) is 13.5 Å². The molecule has 0 unspecified atom stereocenters. The molecule has 2 aromatic carbocycles. The molecule has 1 heterocycles. The summed E-state index contributed by atoms with van der Waals surface area (Å²) in [7, 11) is 1.61. The summed E-state index contributed by atoms with van der Waals surface area (Å²) in [6, 6.07) is 20.6. The second kappa shape index (κ2) is 8.90. The lowest BCUT2D eigenvalue weighted by Gasteiger charge is -2.14. The van der Waals surface area contributed by atoms with Crippen molar-refractivity contribution < 1.29 is 19.4 Å². The van der Waals surface area contributed by atoms with Crippen molar-refractivity contribution in [1.29, 1.82) is 0 Å². The first-order chi connectivity index (χ1) is 13.6. The van der Waals surface area contributed by atoms with Gasteiger partial charge >= 0.3 is 5.97 Å². The van der Waals surface area contributed by atoms with Crippen LogP contribution in [-0.2, 0) is 22.6 Å². The Balaban J connectivity index is 1.87. The van der Waals surface area contributed by atoms with Gasteiger partial charge in [-0.15, -0.1) is 0 Å². The Morgan fingerprint density at radius 1 is 1.00 bits per heavy atom. The van der Waals surface area contributed by atoms with Crippen LogP contribution in [0.15, 0.2) is 66.7 Å². The summed E-state index contributed by atoms with van der Waals surface area (Å²) >= 11 is 0. The maximum absolute atomic E-state index is 12.6. The topological polar surface area (TPSA) is 80.6 Å². The zero-order chi connectivity index (χ0) is 19.9. The first-order valence-corrected chi connectivity index (χ1v) is 8.96. The van der Waals surface area contributed by atoms with E-state index in [1.807, 2.05) is 71.3 Å². The van der Waals surface area contributed by atoms with E-state index in [-0.39, 0.29) is 18.9 Å². The van der Waals surface area contributed by atoms with E-state index < -0.39 is 5.97 Å². The third-order valence-electron chi connectivity index (χ3n) is 4.41. The van der Waals surface area contributed by atoms with Crippen LogP contribution in [0.2, 0.25) is 0 Å². The van der Waals surface area contributed by atoms with Crippen LogP contribution < -0.4 is 10.1 Å². The highest BCUT2D eigenvalue weighted by Crippen LogP contribution is 2.26. The number of carboxylic acid groups (broad SMARTS) is 1. The van der Waals surface area contributed by atoms with Gasteiger partial charge in [0.2, 0.25) is 5.91 Å². The number of nitrogens with one attached hydrogen (secondary N) is 1. The van der Waals surface area contributed by atoms with Gasteiger partial charge in [-0.2, -0.15) is 0 Å². The fraction of sp³-hybridized carbons (Fsp3) is 0.182. The Morgan fingerprint density at radius 3 is 2.36 bits per heavy atom. The molecule has 0 bridgehead atoms. The second-order valence-electron chi connectivity index (χ2n) is 6.33. The van der Waals surface area contributed by atoms with Gasteiger partial charge in [0.25, 0.3) is 0 Å². The Labute approximate surface area is 163 Å². The highest BCUT2D eigenvalue weighted by atomic mass is 16.5. The van der Waals surface area contributed by atoms with Crippen LogP contribution in [0.3, 0.4) is 0 Å². The van der Waals surface area contributed by atoms with Gasteiger partial charge in [-0.3, -0.25) is 9.59 Å². The lowest BCUT2D eigenvalue weighted by molar-refractivity contribution is -0.137. The molecule has 0 atom stereocenters. The maximum Gasteiger partial charge on any atom is 0.303 e. The molecule has 1 aromatic heterocycles. The molecular weight excluding hydrogens is 356 g/mol. The second-order valence-corrected chi connectivity index (χ2v) is 6.33. The summed E-state index contributed by atoms with van der Waals surface area (Å²) in [5, 5.41) is 11.9. The minimum Gasteiger partial charge on any atom is -0.497 e. The van der Waals surface area contributed by atoms with Gasteiger partial charge in [-0.1, -0.05) is 18.2 Å². The number of benzene rings is 2. The molecule has 1 amide bonds. The lowest BCUT2D eigenvalue weighted by Crippen LogP contribution is -2.20. The average Bonchev–Trinajstić information content (AvgIpc) is 3.09. The molecule has 0 radical (unpaired) electrons. The molecule has 0 aliphatic carbocycles. The van der Waals surface area contributed by atoms with Crippen molar-refractivity contribution in [2.45, 2.75) is 19.4 Å². The Hall–Kier alpha value is -3.54. The number of rotatable bonds is 8. The minimum atomic E-state index is -0.868. The SMILES string of the molecule is COc1ccc(-c2ccc(CCC(=O)O)n2CC(=O)Nc2ccccc2)cc1. The van der Waals surface area contributed by atoms with Crippen LogP contribution >= 0.6 is 0 Å². The van der Waals surface area contributed by atoms with Gasteiger partial charge in [0.1, 0.15) is 12.3 Å². The van der Waals surface area contributed by atoms with Crippen molar-refractivity contribution in [2.75, 3.05) is 12.4 Å². The number of hydrogen-bond donors (Lipinski definition) is 2. The fourth-order valence-electron chi connectivity index (χ4n) is 3.03. The first-order valence-electron chi connectivity index (χ1n) is 8.96. The maximum atomic E-state index is 12.6. The molecule has 0 aliphatic heterocycles. The molecule has 3 aromatic rings. The molecule has 6 heteroatoms. The van der Waals surface area contributed by atoms with Crippen molar-refractivity contribution in [3.05, 3.63) is 72.4 Å². The van der Waals surface area contributed by atoms with Crippen LogP contribution in [0.25, 0.3) is 11.3 Å². The van der Waals surface area contributed by atoms with Crippen molar-refractivity contribution in [2.24, 2.45) is 0 Å². The number of carbonyl (C=O) groups excluding carboxylic acids is 1. The molecule has 0 saturated carbocycles. The van der Waals surface area contributed by atoms with E-state index in [0.717, 1.165) is 28.4 Å². The molecule has 144 valence electrons. The first kappa shape index (κ1) is 19.2. The number of methoxy groups -OCH3 is 1. The number of para-hydroxylation sites is 1. The largest absolute Gasteiger partial charge is 0.497 e. The highest BCUT2D eigenvalue weighted by Gasteiger charge is 2.14. The summed E-state index contributed by atoms with van der Waals surface area (Å²) in [4.78, 5) is 23.6. The van der Waals surface area contributed by atoms with Crippen molar-refractivity contribution in [1.82, 2.24) is 4.57 Å². The summed E-state index contributed by atoms with van der Waals surface area (Å²) in [5.74, 6) is -0.295. The van der Waals surface area contributed by atoms with Crippen LogP contribution in [0.1, 0.15) is 12.1 Å². The summed E-state index contributed by atoms with van der Waals surface area (Å²) in [5.41, 5.74) is 3.30. The van der Waals surface area contributed by atoms with E-state index in [4.69, 9.17) is 9.84 Å². The molecule has 0 spiro atoms. The van der Waals surface area contributed by atoms with Gasteiger partial charge in [0.15, 0.2) is 0 Å². The third kappa shape index (κ3) is 4.79. The fourth-order valence-corrected chi connectivity index (χ4v) is 3.03. The van der Waals surface area contributed by atoms with E-state index in [1.54, 1.807) is 7.11 Å². The predicted octanol–water partition coefficient (Wildman–Crippen LogP) is 3.82. The zero-order valence-electron chi connectivity index (χ0n) is 15.6. The van der Waals surface area contributed by atoms with E-state index in [9.17, 15) is 9.59 Å². The Bertz CT molecular complexity index is 946. The van der Waals surface area contributed by atoms with Crippen LogP contribution in [0, 0.1) is 0 Å². The summed E-state index contributed by atoms with van der Waals surface area (Å²) in [6.45, 7) is 0.0954. The number of aromatic nitrogens is 1. The molecule has 6 nitrogen and oxygen atoms in total. The highest BCUT2D eigenvalue weighted by molar-refractivity contribution is 5.91. The molecule has 28 heavy (non-hydrogen) atoms. The number of aryl methyl sites for hydroxylation is 1. The van der Waals surface area contributed by atoms with Gasteiger partial charge in [0, 0.05) is 17.1 Å². The average molecular weight is 378 g/mol. The number of amides is 1. The lowest BCUT2D eigenvalue weighted by atomic mass is 10.1. The van der Waals surface area contributed by atoms with Gasteiger partial charge < -0.3 is 19.7 Å². The Morgan fingerprint density at radius 2 is 1.71 bits per heavy atom. The predicted molar refractivity (Wildman–Crippen MR) is 107 cm³/mol. The molecule has 0 saturated heterocycles. The Kier molecular flexibility index (Phi) is 6.11. The molecule has 2 N–H and O–H groups in total. The number of anilines is 1. The van der Waals surface area contributed by atoms with E-state index in [1.165, 1.54) is 0 Å². The number of carbonyl (C=O) groups is 2. The summed E-state index contributed by atoms with van der Waals surface area (Å²) < 4.78 is 7.06. The zero-order valence-corrected chi connectivity index (χ0v) is 15.6. The van der Waals surface area contributed by atoms with E-state index >= 15 is 0 Å². The van der Waals surface area contributed by atoms with Crippen molar-refractivity contribution >= 4 is 17.6 Å². The molecule has 0 fully saturated rings. The van der Waals surface area contributed by atoms with Gasteiger partial charge in [-0.25, -0.2) is 0 Å².